The Balaban J connectivity index is 2.16. The minimum Gasteiger partial charge on any atom is -0.402 e. The predicted octanol–water partition coefficient (Wildman–Crippen LogP) is 2.75. The van der Waals surface area contributed by atoms with Crippen molar-refractivity contribution in [2.24, 2.45) is 0 Å². The van der Waals surface area contributed by atoms with Gasteiger partial charge < -0.3 is 10.2 Å². The van der Waals surface area contributed by atoms with Crippen molar-refractivity contribution in [3.8, 4) is 22.0 Å². The summed E-state index contributed by atoms with van der Waals surface area (Å²) in [6, 6.07) is 10.0. The van der Waals surface area contributed by atoms with Gasteiger partial charge in [-0.1, -0.05) is 35.4 Å². The number of thiazole rings is 1. The Morgan fingerprint density at radius 2 is 1.94 bits per heavy atom. The van der Waals surface area contributed by atoms with Gasteiger partial charge in [0.15, 0.2) is 0 Å². The second-order valence-electron chi connectivity index (χ2n) is 3.72. The first-order chi connectivity index (χ1) is 8.74. The van der Waals surface area contributed by atoms with Gasteiger partial charge in [-0.3, -0.25) is 0 Å². The third-order valence-electron chi connectivity index (χ3n) is 2.41. The molecule has 0 fully saturated rings. The van der Waals surface area contributed by atoms with Gasteiger partial charge in [-0.15, -0.1) is 16.4 Å². The molecule has 0 saturated carbocycles. The smallest absolute Gasteiger partial charge is 0.313 e. The quantitative estimate of drug-likeness (QED) is 0.764. The number of nitrogens with zero attached hydrogens (tertiary/aromatic N) is 3. The molecule has 0 aliphatic rings. The van der Waals surface area contributed by atoms with Crippen LogP contribution in [0.1, 0.15) is 5.01 Å². The zero-order valence-electron chi connectivity index (χ0n) is 9.62. The second-order valence-corrected chi connectivity index (χ2v) is 4.93. The molecular formula is C12H10N4OS. The zero-order valence-corrected chi connectivity index (χ0v) is 10.4. The summed E-state index contributed by atoms with van der Waals surface area (Å²) < 4.78 is 5.24. The fourth-order valence-corrected chi connectivity index (χ4v) is 2.60. The summed E-state index contributed by atoms with van der Waals surface area (Å²) in [5.74, 6) is 0.357. The monoisotopic (exact) mass is 258 g/mol. The minimum absolute atomic E-state index is 0.0506. The van der Waals surface area contributed by atoms with Crippen LogP contribution in [0.5, 0.6) is 0 Å². The van der Waals surface area contributed by atoms with E-state index in [1.807, 2.05) is 37.3 Å². The maximum atomic E-state index is 5.45. The molecule has 0 radical (unpaired) electrons. The number of hydrogen-bond donors (Lipinski definition) is 1. The SMILES string of the molecule is Cc1nc(-c2nnc(N)o2)c(-c2ccccc2)s1. The lowest BCUT2D eigenvalue weighted by molar-refractivity contribution is 0.588. The maximum Gasteiger partial charge on any atom is 0.313 e. The molecule has 0 aliphatic heterocycles. The first-order valence-electron chi connectivity index (χ1n) is 5.36. The molecule has 3 aromatic rings. The standard InChI is InChI=1S/C12H10N4OS/c1-7-14-9(11-15-16-12(13)17-11)10(18-7)8-5-3-2-4-6-8/h2-6H,1H3,(H2,13,16). The van der Waals surface area contributed by atoms with Crippen molar-refractivity contribution in [3.05, 3.63) is 35.3 Å². The van der Waals surface area contributed by atoms with E-state index in [-0.39, 0.29) is 6.01 Å². The van der Waals surface area contributed by atoms with E-state index < -0.39 is 0 Å². The molecule has 6 heteroatoms. The van der Waals surface area contributed by atoms with E-state index in [0.29, 0.717) is 11.6 Å². The second kappa shape index (κ2) is 4.23. The van der Waals surface area contributed by atoms with Crippen LogP contribution >= 0.6 is 11.3 Å². The van der Waals surface area contributed by atoms with Gasteiger partial charge in [0, 0.05) is 0 Å². The summed E-state index contributed by atoms with van der Waals surface area (Å²) in [6.45, 7) is 1.94. The van der Waals surface area contributed by atoms with Gasteiger partial charge in [-0.2, -0.15) is 0 Å². The van der Waals surface area contributed by atoms with E-state index in [1.54, 1.807) is 11.3 Å². The molecule has 3 rings (SSSR count). The van der Waals surface area contributed by atoms with Crippen LogP contribution in [0.2, 0.25) is 0 Å². The molecule has 2 N–H and O–H groups in total. The fraction of sp³-hybridized carbons (Fsp3) is 0.0833. The summed E-state index contributed by atoms with van der Waals surface area (Å²) in [5.41, 5.74) is 7.21. The molecule has 0 unspecified atom stereocenters. The summed E-state index contributed by atoms with van der Waals surface area (Å²) in [6.07, 6.45) is 0. The molecule has 1 aromatic carbocycles. The molecule has 0 spiro atoms. The highest BCUT2D eigenvalue weighted by atomic mass is 32.1. The van der Waals surface area contributed by atoms with Crippen LogP contribution in [0.15, 0.2) is 34.7 Å². The van der Waals surface area contributed by atoms with Crippen LogP contribution in [-0.2, 0) is 0 Å². The van der Waals surface area contributed by atoms with Crippen molar-refractivity contribution in [2.45, 2.75) is 6.92 Å². The number of rotatable bonds is 2. The van der Waals surface area contributed by atoms with E-state index in [1.165, 1.54) is 0 Å². The highest BCUT2D eigenvalue weighted by molar-refractivity contribution is 7.15. The Labute approximate surface area is 107 Å². The van der Waals surface area contributed by atoms with Crippen molar-refractivity contribution in [3.63, 3.8) is 0 Å². The van der Waals surface area contributed by atoms with E-state index in [2.05, 4.69) is 15.2 Å². The Morgan fingerprint density at radius 1 is 1.17 bits per heavy atom. The Bertz CT molecular complexity index is 674. The molecule has 0 amide bonds. The van der Waals surface area contributed by atoms with E-state index >= 15 is 0 Å². The third-order valence-corrected chi connectivity index (χ3v) is 3.43. The molecule has 90 valence electrons. The lowest BCUT2D eigenvalue weighted by Gasteiger charge is -1.97. The topological polar surface area (TPSA) is 77.8 Å². The lowest BCUT2D eigenvalue weighted by atomic mass is 10.1. The molecule has 0 saturated heterocycles. The summed E-state index contributed by atoms with van der Waals surface area (Å²) >= 11 is 1.59. The highest BCUT2D eigenvalue weighted by Gasteiger charge is 2.17. The number of benzene rings is 1. The zero-order chi connectivity index (χ0) is 12.5. The van der Waals surface area contributed by atoms with Crippen molar-refractivity contribution in [2.75, 3.05) is 5.73 Å². The highest BCUT2D eigenvalue weighted by Crippen LogP contribution is 2.35. The first kappa shape index (κ1) is 10.9. The van der Waals surface area contributed by atoms with Gasteiger partial charge in [0.2, 0.25) is 0 Å². The Kier molecular flexibility index (Phi) is 2.56. The number of aromatic nitrogens is 3. The number of anilines is 1. The number of hydrogen-bond acceptors (Lipinski definition) is 6. The summed E-state index contributed by atoms with van der Waals surface area (Å²) in [4.78, 5) is 5.45. The summed E-state index contributed by atoms with van der Waals surface area (Å²) in [7, 11) is 0. The van der Waals surface area contributed by atoms with Crippen molar-refractivity contribution in [1.29, 1.82) is 0 Å². The van der Waals surface area contributed by atoms with Gasteiger partial charge in [0.1, 0.15) is 5.69 Å². The van der Waals surface area contributed by atoms with E-state index in [9.17, 15) is 0 Å². The van der Waals surface area contributed by atoms with Crippen LogP contribution in [0.3, 0.4) is 0 Å². The van der Waals surface area contributed by atoms with Crippen LogP contribution in [-0.4, -0.2) is 15.2 Å². The van der Waals surface area contributed by atoms with Crippen LogP contribution in [0.4, 0.5) is 6.01 Å². The molecule has 0 aliphatic carbocycles. The molecule has 5 nitrogen and oxygen atoms in total. The van der Waals surface area contributed by atoms with Gasteiger partial charge >= 0.3 is 6.01 Å². The number of nitrogens with two attached hydrogens (primary N) is 1. The predicted molar refractivity (Wildman–Crippen MR) is 70.0 cm³/mol. The molecular weight excluding hydrogens is 248 g/mol. The fourth-order valence-electron chi connectivity index (χ4n) is 1.69. The van der Waals surface area contributed by atoms with Gasteiger partial charge in [0.05, 0.1) is 9.88 Å². The van der Waals surface area contributed by atoms with Crippen molar-refractivity contribution >= 4 is 17.4 Å². The first-order valence-corrected chi connectivity index (χ1v) is 6.18. The van der Waals surface area contributed by atoms with E-state index in [0.717, 1.165) is 15.4 Å². The third kappa shape index (κ3) is 1.86. The molecule has 2 heterocycles. The Hall–Kier alpha value is -2.21. The largest absolute Gasteiger partial charge is 0.402 e. The van der Waals surface area contributed by atoms with Gasteiger partial charge in [0.25, 0.3) is 5.89 Å². The molecule has 18 heavy (non-hydrogen) atoms. The van der Waals surface area contributed by atoms with E-state index in [4.69, 9.17) is 10.2 Å². The van der Waals surface area contributed by atoms with Crippen molar-refractivity contribution in [1.82, 2.24) is 15.2 Å². The number of nitrogen functional groups attached to an aromatic ring is 1. The number of aryl methyl sites for hydroxylation is 1. The van der Waals surface area contributed by atoms with Crippen LogP contribution in [0.25, 0.3) is 22.0 Å². The molecule has 2 aromatic heterocycles. The lowest BCUT2D eigenvalue weighted by Crippen LogP contribution is -1.82. The maximum absolute atomic E-state index is 5.45. The molecule has 0 atom stereocenters. The van der Waals surface area contributed by atoms with Gasteiger partial charge in [-0.25, -0.2) is 4.98 Å². The molecule has 0 bridgehead atoms. The summed E-state index contributed by atoms with van der Waals surface area (Å²) in [5, 5.41) is 8.50. The van der Waals surface area contributed by atoms with Crippen LogP contribution in [0, 0.1) is 6.92 Å². The normalized spacial score (nSPS) is 10.7. The van der Waals surface area contributed by atoms with Crippen LogP contribution < -0.4 is 5.73 Å². The average molecular weight is 258 g/mol. The minimum atomic E-state index is 0.0506. The van der Waals surface area contributed by atoms with Crippen molar-refractivity contribution < 1.29 is 4.42 Å². The Morgan fingerprint density at radius 3 is 2.61 bits per heavy atom. The average Bonchev–Trinajstić information content (AvgIpc) is 2.96. The van der Waals surface area contributed by atoms with Gasteiger partial charge in [-0.05, 0) is 12.5 Å².